The van der Waals surface area contributed by atoms with Crippen LogP contribution in [-0.2, 0) is 4.74 Å². The first-order chi connectivity index (χ1) is 6.77. The van der Waals surface area contributed by atoms with Crippen LogP contribution in [0.25, 0.3) is 0 Å². The fourth-order valence-corrected chi connectivity index (χ4v) is 1.16. The number of hydrogen-bond donors (Lipinski definition) is 1. The standard InChI is InChI=1S/C8H12N2O3S/c1-12-3-4-13-6-5-9-8(14-2)10-7(6)11/h5H,3-4H2,1-2H3,(H,9,10,11). The molecule has 0 saturated carbocycles. The van der Waals surface area contributed by atoms with Crippen LogP contribution in [0.2, 0.25) is 0 Å². The normalized spacial score (nSPS) is 10.1. The van der Waals surface area contributed by atoms with E-state index in [9.17, 15) is 4.79 Å². The molecule has 0 atom stereocenters. The molecule has 1 rings (SSSR count). The lowest BCUT2D eigenvalue weighted by molar-refractivity contribution is 0.145. The molecule has 0 spiro atoms. The summed E-state index contributed by atoms with van der Waals surface area (Å²) in [4.78, 5) is 17.9. The summed E-state index contributed by atoms with van der Waals surface area (Å²) in [6.07, 6.45) is 3.25. The number of methoxy groups -OCH3 is 1. The second-order valence-corrected chi connectivity index (χ2v) is 3.22. The molecule has 14 heavy (non-hydrogen) atoms. The van der Waals surface area contributed by atoms with E-state index in [1.54, 1.807) is 7.11 Å². The topological polar surface area (TPSA) is 64.2 Å². The number of thioether (sulfide) groups is 1. The first-order valence-corrected chi connectivity index (χ1v) is 5.25. The molecule has 0 radical (unpaired) electrons. The van der Waals surface area contributed by atoms with Crippen molar-refractivity contribution >= 4 is 11.8 Å². The van der Waals surface area contributed by atoms with Gasteiger partial charge in [-0.15, -0.1) is 0 Å². The minimum absolute atomic E-state index is 0.222. The zero-order valence-corrected chi connectivity index (χ0v) is 8.89. The van der Waals surface area contributed by atoms with Gasteiger partial charge in [-0.05, 0) is 6.26 Å². The Morgan fingerprint density at radius 3 is 2.93 bits per heavy atom. The lowest BCUT2D eigenvalue weighted by Gasteiger charge is -2.03. The van der Waals surface area contributed by atoms with Crippen molar-refractivity contribution in [2.45, 2.75) is 5.16 Å². The third-order valence-electron chi connectivity index (χ3n) is 1.48. The summed E-state index contributed by atoms with van der Waals surface area (Å²) in [5.41, 5.74) is -0.263. The lowest BCUT2D eigenvalue weighted by Crippen LogP contribution is -2.15. The van der Waals surface area contributed by atoms with Gasteiger partial charge in [0, 0.05) is 7.11 Å². The molecular weight excluding hydrogens is 204 g/mol. The Morgan fingerprint density at radius 1 is 1.57 bits per heavy atom. The summed E-state index contributed by atoms with van der Waals surface area (Å²) < 4.78 is 9.92. The molecule has 1 N–H and O–H groups in total. The summed E-state index contributed by atoms with van der Waals surface area (Å²) >= 11 is 1.37. The first-order valence-electron chi connectivity index (χ1n) is 4.03. The Morgan fingerprint density at radius 2 is 2.36 bits per heavy atom. The Kier molecular flexibility index (Phi) is 4.48. The minimum Gasteiger partial charge on any atom is -0.484 e. The minimum atomic E-state index is -0.263. The van der Waals surface area contributed by atoms with E-state index in [-0.39, 0.29) is 11.3 Å². The number of nitrogens with one attached hydrogen (secondary N) is 1. The maximum atomic E-state index is 11.3. The van der Waals surface area contributed by atoms with Gasteiger partial charge in [-0.3, -0.25) is 9.78 Å². The Balaban J connectivity index is 2.64. The number of rotatable bonds is 5. The number of ether oxygens (including phenoxy) is 2. The molecule has 0 aliphatic heterocycles. The molecule has 0 fully saturated rings. The van der Waals surface area contributed by atoms with Crippen molar-refractivity contribution in [1.82, 2.24) is 9.97 Å². The van der Waals surface area contributed by atoms with Crippen molar-refractivity contribution in [2.24, 2.45) is 0 Å². The highest BCUT2D eigenvalue weighted by Gasteiger charge is 2.02. The molecule has 0 bridgehead atoms. The van der Waals surface area contributed by atoms with Crippen LogP contribution in [-0.4, -0.2) is 36.5 Å². The number of H-pyrrole nitrogens is 1. The van der Waals surface area contributed by atoms with Crippen LogP contribution < -0.4 is 10.3 Å². The molecule has 1 aromatic heterocycles. The van der Waals surface area contributed by atoms with Gasteiger partial charge in [0.1, 0.15) is 6.61 Å². The molecule has 1 aromatic rings. The maximum Gasteiger partial charge on any atom is 0.293 e. The quantitative estimate of drug-likeness (QED) is 0.441. The number of nitrogens with zero attached hydrogens (tertiary/aromatic N) is 1. The number of aromatic nitrogens is 2. The van der Waals surface area contributed by atoms with Gasteiger partial charge in [-0.25, -0.2) is 4.98 Å². The van der Waals surface area contributed by atoms with E-state index in [4.69, 9.17) is 9.47 Å². The van der Waals surface area contributed by atoms with Crippen molar-refractivity contribution in [3.63, 3.8) is 0 Å². The molecule has 0 amide bonds. The highest BCUT2D eigenvalue weighted by Crippen LogP contribution is 2.07. The average Bonchev–Trinajstić information content (AvgIpc) is 2.20. The van der Waals surface area contributed by atoms with E-state index < -0.39 is 0 Å². The predicted molar refractivity (Wildman–Crippen MR) is 54.0 cm³/mol. The average molecular weight is 216 g/mol. The van der Waals surface area contributed by atoms with E-state index in [1.165, 1.54) is 18.0 Å². The molecule has 0 saturated heterocycles. The van der Waals surface area contributed by atoms with Crippen LogP contribution in [0.15, 0.2) is 16.1 Å². The SMILES string of the molecule is COCCOc1cnc(SC)[nH]c1=O. The van der Waals surface area contributed by atoms with Gasteiger partial charge in [-0.1, -0.05) is 11.8 Å². The van der Waals surface area contributed by atoms with Gasteiger partial charge in [0.2, 0.25) is 5.75 Å². The molecular formula is C8H12N2O3S. The van der Waals surface area contributed by atoms with Crippen molar-refractivity contribution in [3.8, 4) is 5.75 Å². The zero-order chi connectivity index (χ0) is 10.4. The molecule has 78 valence electrons. The van der Waals surface area contributed by atoms with E-state index in [2.05, 4.69) is 9.97 Å². The second-order valence-electron chi connectivity index (χ2n) is 2.43. The first kappa shape index (κ1) is 11.1. The highest BCUT2D eigenvalue weighted by molar-refractivity contribution is 7.98. The summed E-state index contributed by atoms with van der Waals surface area (Å²) in [5.74, 6) is 0.222. The smallest absolute Gasteiger partial charge is 0.293 e. The van der Waals surface area contributed by atoms with E-state index in [1.807, 2.05) is 6.26 Å². The van der Waals surface area contributed by atoms with Gasteiger partial charge < -0.3 is 9.47 Å². The Bertz CT molecular complexity index is 340. The van der Waals surface area contributed by atoms with Crippen molar-refractivity contribution < 1.29 is 9.47 Å². The third kappa shape index (κ3) is 3.04. The van der Waals surface area contributed by atoms with Crippen molar-refractivity contribution in [2.75, 3.05) is 26.6 Å². The Hall–Kier alpha value is -1.01. The van der Waals surface area contributed by atoms with Crippen LogP contribution in [0.1, 0.15) is 0 Å². The predicted octanol–water partition coefficient (Wildman–Crippen LogP) is 0.517. The molecule has 6 heteroatoms. The summed E-state index contributed by atoms with van der Waals surface area (Å²) in [7, 11) is 1.57. The summed E-state index contributed by atoms with van der Waals surface area (Å²) in [5, 5.41) is 0.578. The summed E-state index contributed by atoms with van der Waals surface area (Å²) in [6, 6.07) is 0. The van der Waals surface area contributed by atoms with E-state index in [0.29, 0.717) is 18.4 Å². The molecule has 5 nitrogen and oxygen atoms in total. The zero-order valence-electron chi connectivity index (χ0n) is 8.07. The lowest BCUT2D eigenvalue weighted by atomic mass is 10.6. The molecule has 0 unspecified atom stereocenters. The van der Waals surface area contributed by atoms with Crippen LogP contribution >= 0.6 is 11.8 Å². The van der Waals surface area contributed by atoms with Crippen molar-refractivity contribution in [3.05, 3.63) is 16.6 Å². The number of hydrogen-bond acceptors (Lipinski definition) is 5. The van der Waals surface area contributed by atoms with Gasteiger partial charge in [0.05, 0.1) is 12.8 Å². The fourth-order valence-electron chi connectivity index (χ4n) is 0.808. The molecule has 0 aliphatic carbocycles. The largest absolute Gasteiger partial charge is 0.484 e. The monoisotopic (exact) mass is 216 g/mol. The molecule has 1 heterocycles. The highest BCUT2D eigenvalue weighted by atomic mass is 32.2. The molecule has 0 aliphatic rings. The van der Waals surface area contributed by atoms with Crippen LogP contribution in [0, 0.1) is 0 Å². The Labute approximate surface area is 85.8 Å². The number of aromatic amines is 1. The second kappa shape index (κ2) is 5.66. The van der Waals surface area contributed by atoms with Gasteiger partial charge in [0.15, 0.2) is 5.16 Å². The third-order valence-corrected chi connectivity index (χ3v) is 2.08. The molecule has 0 aromatic carbocycles. The van der Waals surface area contributed by atoms with Gasteiger partial charge in [-0.2, -0.15) is 0 Å². The van der Waals surface area contributed by atoms with Crippen LogP contribution in [0.3, 0.4) is 0 Å². The fraction of sp³-hybridized carbons (Fsp3) is 0.500. The van der Waals surface area contributed by atoms with Crippen molar-refractivity contribution in [1.29, 1.82) is 0 Å². The van der Waals surface area contributed by atoms with Gasteiger partial charge in [0.25, 0.3) is 5.56 Å². The van der Waals surface area contributed by atoms with Crippen LogP contribution in [0.4, 0.5) is 0 Å². The van der Waals surface area contributed by atoms with E-state index in [0.717, 1.165) is 0 Å². The summed E-state index contributed by atoms with van der Waals surface area (Å²) in [6.45, 7) is 0.795. The van der Waals surface area contributed by atoms with Crippen LogP contribution in [0.5, 0.6) is 5.75 Å². The van der Waals surface area contributed by atoms with Gasteiger partial charge >= 0.3 is 0 Å². The van der Waals surface area contributed by atoms with E-state index >= 15 is 0 Å². The maximum absolute atomic E-state index is 11.3.